The summed E-state index contributed by atoms with van der Waals surface area (Å²) < 4.78 is 0. The van der Waals surface area contributed by atoms with Crippen molar-refractivity contribution < 1.29 is 0 Å². The van der Waals surface area contributed by atoms with Crippen LogP contribution in [0.5, 0.6) is 0 Å². The summed E-state index contributed by atoms with van der Waals surface area (Å²) >= 11 is 0. The SMILES string of the molecule is C=C/C=C\CC.CC.CC. The van der Waals surface area contributed by atoms with Crippen molar-refractivity contribution in [1.82, 2.24) is 0 Å². The molecule has 0 heterocycles. The number of allylic oxidation sites excluding steroid dienone is 3. The van der Waals surface area contributed by atoms with Gasteiger partial charge in [0.1, 0.15) is 0 Å². The van der Waals surface area contributed by atoms with E-state index in [1.807, 2.05) is 33.8 Å². The molecule has 0 saturated carbocycles. The average Bonchev–Trinajstić information content (AvgIpc) is 2.08. The minimum absolute atomic E-state index is 1.10. The first kappa shape index (κ1) is 16.2. The maximum absolute atomic E-state index is 3.51. The topological polar surface area (TPSA) is 0 Å². The second-order valence-corrected chi connectivity index (χ2v) is 1.07. The molecule has 0 fully saturated rings. The minimum Gasteiger partial charge on any atom is -0.0991 e. The van der Waals surface area contributed by atoms with Crippen LogP contribution in [0.15, 0.2) is 24.8 Å². The lowest BCUT2D eigenvalue weighted by molar-refractivity contribution is 1.22. The van der Waals surface area contributed by atoms with Crippen LogP contribution in [0.25, 0.3) is 0 Å². The lowest BCUT2D eigenvalue weighted by Gasteiger charge is -1.67. The van der Waals surface area contributed by atoms with E-state index in [1.54, 1.807) is 6.08 Å². The van der Waals surface area contributed by atoms with E-state index in [0.717, 1.165) is 6.42 Å². The van der Waals surface area contributed by atoms with Crippen molar-refractivity contribution in [3.05, 3.63) is 24.8 Å². The molecular formula is C10H22. The molecule has 0 rings (SSSR count). The standard InChI is InChI=1S/C6H10.2C2H6/c1-3-5-6-4-2;2*1-2/h3,5-6H,1,4H2,2H3;2*1-2H3/b6-5-;;. The largest absolute Gasteiger partial charge is 0.0991 e. The van der Waals surface area contributed by atoms with E-state index in [9.17, 15) is 0 Å². The molecule has 0 atom stereocenters. The van der Waals surface area contributed by atoms with Crippen LogP contribution in [0.2, 0.25) is 0 Å². The molecular weight excluding hydrogens is 120 g/mol. The van der Waals surface area contributed by atoms with Gasteiger partial charge in [-0.25, -0.2) is 0 Å². The van der Waals surface area contributed by atoms with Crippen LogP contribution < -0.4 is 0 Å². The van der Waals surface area contributed by atoms with Gasteiger partial charge in [0.25, 0.3) is 0 Å². The van der Waals surface area contributed by atoms with E-state index < -0.39 is 0 Å². The lowest BCUT2D eigenvalue weighted by atomic mass is 10.4. The molecule has 0 aliphatic heterocycles. The quantitative estimate of drug-likeness (QED) is 0.507. The molecule has 0 aliphatic rings. The molecule has 62 valence electrons. The third-order valence-corrected chi connectivity index (χ3v) is 0.508. The van der Waals surface area contributed by atoms with Gasteiger partial charge in [-0.15, -0.1) is 0 Å². The van der Waals surface area contributed by atoms with Crippen molar-refractivity contribution in [1.29, 1.82) is 0 Å². The summed E-state index contributed by atoms with van der Waals surface area (Å²) in [5.41, 5.74) is 0. The first-order valence-corrected chi connectivity index (χ1v) is 4.19. The Morgan fingerprint density at radius 2 is 1.50 bits per heavy atom. The Balaban J connectivity index is -0.000000105. The average molecular weight is 142 g/mol. The highest BCUT2D eigenvalue weighted by molar-refractivity contribution is 4.96. The Kier molecular flexibility index (Phi) is 63.6. The van der Waals surface area contributed by atoms with Crippen LogP contribution >= 0.6 is 0 Å². The van der Waals surface area contributed by atoms with Gasteiger partial charge in [0, 0.05) is 0 Å². The summed E-state index contributed by atoms with van der Waals surface area (Å²) in [5, 5.41) is 0. The normalized spacial score (nSPS) is 6.90. The number of hydrogen-bond donors (Lipinski definition) is 0. The molecule has 0 aromatic rings. The molecule has 0 N–H and O–H groups in total. The molecule has 0 spiro atoms. The Morgan fingerprint density at radius 3 is 1.60 bits per heavy atom. The van der Waals surface area contributed by atoms with E-state index in [2.05, 4.69) is 19.6 Å². The minimum atomic E-state index is 1.10. The summed E-state index contributed by atoms with van der Waals surface area (Å²) in [6.45, 7) is 13.6. The summed E-state index contributed by atoms with van der Waals surface area (Å²) in [5.74, 6) is 0. The molecule has 0 unspecified atom stereocenters. The Bertz CT molecular complexity index is 51.1. The van der Waals surface area contributed by atoms with E-state index >= 15 is 0 Å². The summed E-state index contributed by atoms with van der Waals surface area (Å²) in [6.07, 6.45) is 6.89. The van der Waals surface area contributed by atoms with Crippen LogP contribution in [-0.4, -0.2) is 0 Å². The molecule has 0 aromatic heterocycles. The zero-order valence-electron chi connectivity index (χ0n) is 8.15. The van der Waals surface area contributed by atoms with E-state index in [0.29, 0.717) is 0 Å². The molecule has 0 nitrogen and oxygen atoms in total. The van der Waals surface area contributed by atoms with Gasteiger partial charge in [0.05, 0.1) is 0 Å². The van der Waals surface area contributed by atoms with E-state index in [4.69, 9.17) is 0 Å². The van der Waals surface area contributed by atoms with Gasteiger partial charge in [-0.05, 0) is 6.42 Å². The smallest absolute Gasteiger partial charge is 0.0376 e. The second kappa shape index (κ2) is 39.2. The Morgan fingerprint density at radius 1 is 1.10 bits per heavy atom. The van der Waals surface area contributed by atoms with Crippen LogP contribution in [0.3, 0.4) is 0 Å². The van der Waals surface area contributed by atoms with Gasteiger partial charge >= 0.3 is 0 Å². The highest BCUT2D eigenvalue weighted by Gasteiger charge is 1.55. The molecule has 0 heteroatoms. The lowest BCUT2D eigenvalue weighted by Crippen LogP contribution is -1.46. The molecule has 0 radical (unpaired) electrons. The van der Waals surface area contributed by atoms with Gasteiger partial charge in [-0.2, -0.15) is 0 Å². The maximum atomic E-state index is 3.51. The predicted molar refractivity (Wildman–Crippen MR) is 52.3 cm³/mol. The van der Waals surface area contributed by atoms with E-state index in [-0.39, 0.29) is 0 Å². The maximum Gasteiger partial charge on any atom is -0.0376 e. The fraction of sp³-hybridized carbons (Fsp3) is 0.600. The zero-order valence-corrected chi connectivity index (χ0v) is 8.15. The monoisotopic (exact) mass is 142 g/mol. The fourth-order valence-corrected chi connectivity index (χ4v) is 0.232. The Labute approximate surface area is 66.7 Å². The van der Waals surface area contributed by atoms with Crippen molar-refractivity contribution in [2.75, 3.05) is 0 Å². The summed E-state index contributed by atoms with van der Waals surface area (Å²) in [4.78, 5) is 0. The van der Waals surface area contributed by atoms with Crippen molar-refractivity contribution in [3.8, 4) is 0 Å². The number of hydrogen-bond acceptors (Lipinski definition) is 0. The molecule has 0 aromatic carbocycles. The van der Waals surface area contributed by atoms with Crippen molar-refractivity contribution >= 4 is 0 Å². The van der Waals surface area contributed by atoms with Crippen molar-refractivity contribution in [2.45, 2.75) is 41.0 Å². The van der Waals surface area contributed by atoms with Crippen LogP contribution in [0.4, 0.5) is 0 Å². The fourth-order valence-electron chi connectivity index (χ4n) is 0.232. The predicted octanol–water partition coefficient (Wildman–Crippen LogP) is 4.19. The van der Waals surface area contributed by atoms with Gasteiger partial charge in [0.2, 0.25) is 0 Å². The third kappa shape index (κ3) is 51.1. The van der Waals surface area contributed by atoms with Gasteiger partial charge < -0.3 is 0 Å². The molecule has 0 saturated heterocycles. The summed E-state index contributed by atoms with van der Waals surface area (Å²) in [7, 11) is 0. The van der Waals surface area contributed by atoms with Crippen LogP contribution in [-0.2, 0) is 0 Å². The highest BCUT2D eigenvalue weighted by atomic mass is 13.6. The third-order valence-electron chi connectivity index (χ3n) is 0.508. The molecule has 0 aliphatic carbocycles. The second-order valence-electron chi connectivity index (χ2n) is 1.07. The van der Waals surface area contributed by atoms with Gasteiger partial charge in [0.15, 0.2) is 0 Å². The summed E-state index contributed by atoms with van der Waals surface area (Å²) in [6, 6.07) is 0. The van der Waals surface area contributed by atoms with Crippen molar-refractivity contribution in [2.24, 2.45) is 0 Å². The van der Waals surface area contributed by atoms with Gasteiger partial charge in [-0.1, -0.05) is 59.4 Å². The zero-order chi connectivity index (χ0) is 8.83. The van der Waals surface area contributed by atoms with Crippen LogP contribution in [0.1, 0.15) is 41.0 Å². The van der Waals surface area contributed by atoms with E-state index in [1.165, 1.54) is 0 Å². The Hall–Kier alpha value is -0.520. The molecule has 0 bridgehead atoms. The van der Waals surface area contributed by atoms with Crippen LogP contribution in [0, 0.1) is 0 Å². The first-order valence-electron chi connectivity index (χ1n) is 4.19. The first-order chi connectivity index (χ1) is 4.91. The molecule has 10 heavy (non-hydrogen) atoms. The molecule has 0 amide bonds. The van der Waals surface area contributed by atoms with Crippen molar-refractivity contribution in [3.63, 3.8) is 0 Å². The number of rotatable bonds is 2. The highest BCUT2D eigenvalue weighted by Crippen LogP contribution is 1.76. The van der Waals surface area contributed by atoms with Gasteiger partial charge in [-0.3, -0.25) is 0 Å².